The van der Waals surface area contributed by atoms with Gasteiger partial charge in [-0.25, -0.2) is 4.79 Å². The third-order valence-electron chi connectivity index (χ3n) is 3.72. The third-order valence-corrected chi connectivity index (χ3v) is 3.72. The molecule has 1 aliphatic rings. The van der Waals surface area contributed by atoms with Crippen LogP contribution in [0.25, 0.3) is 5.69 Å². The number of aromatic nitrogens is 3. The van der Waals surface area contributed by atoms with Gasteiger partial charge in [0.2, 0.25) is 12.6 Å². The van der Waals surface area contributed by atoms with Crippen molar-refractivity contribution in [3.8, 4) is 17.2 Å². The van der Waals surface area contributed by atoms with Crippen molar-refractivity contribution in [2.75, 3.05) is 6.79 Å². The van der Waals surface area contributed by atoms with Crippen LogP contribution in [0.2, 0.25) is 0 Å². The summed E-state index contributed by atoms with van der Waals surface area (Å²) in [6, 6.07) is 14.3. The summed E-state index contributed by atoms with van der Waals surface area (Å²) in [4.78, 5) is 26.7. The van der Waals surface area contributed by atoms with Crippen LogP contribution in [0.15, 0.2) is 53.3 Å². The third kappa shape index (κ3) is 2.97. The predicted octanol–water partition coefficient (Wildman–Crippen LogP) is 1.22. The van der Waals surface area contributed by atoms with Crippen molar-refractivity contribution in [2.45, 2.75) is 6.54 Å². The Morgan fingerprint density at radius 3 is 2.80 bits per heavy atom. The summed E-state index contributed by atoms with van der Waals surface area (Å²) in [6.07, 6.45) is 0. The number of nitrogens with one attached hydrogen (secondary N) is 2. The number of para-hydroxylation sites is 1. The lowest BCUT2D eigenvalue weighted by Crippen LogP contribution is -2.24. The normalized spacial score (nSPS) is 12.2. The number of H-pyrrole nitrogens is 1. The van der Waals surface area contributed by atoms with Crippen LogP contribution in [0.3, 0.4) is 0 Å². The van der Waals surface area contributed by atoms with Gasteiger partial charge >= 0.3 is 5.69 Å². The predicted molar refractivity (Wildman–Crippen MR) is 87.9 cm³/mol. The quantitative estimate of drug-likeness (QED) is 0.745. The average molecular weight is 338 g/mol. The number of aromatic amines is 1. The molecule has 2 heterocycles. The minimum atomic E-state index is -0.473. The van der Waals surface area contributed by atoms with E-state index < -0.39 is 11.6 Å². The number of nitrogens with zero attached hydrogens (tertiary/aromatic N) is 2. The molecule has 4 rings (SSSR count). The number of rotatable bonds is 4. The molecule has 0 saturated heterocycles. The Kier molecular flexibility index (Phi) is 3.70. The van der Waals surface area contributed by atoms with Crippen LogP contribution in [-0.2, 0) is 6.54 Å². The van der Waals surface area contributed by atoms with Gasteiger partial charge in [0, 0.05) is 6.54 Å². The monoisotopic (exact) mass is 338 g/mol. The van der Waals surface area contributed by atoms with Crippen molar-refractivity contribution in [1.29, 1.82) is 0 Å². The van der Waals surface area contributed by atoms with Crippen LogP contribution in [0.5, 0.6) is 11.5 Å². The van der Waals surface area contributed by atoms with Gasteiger partial charge in [0.1, 0.15) is 0 Å². The molecule has 8 nitrogen and oxygen atoms in total. The molecule has 0 saturated carbocycles. The Balaban J connectivity index is 1.48. The van der Waals surface area contributed by atoms with Crippen LogP contribution in [0, 0.1) is 0 Å². The maximum absolute atomic E-state index is 12.2. The summed E-state index contributed by atoms with van der Waals surface area (Å²) in [6.45, 7) is 0.471. The lowest BCUT2D eigenvalue weighted by Gasteiger charge is -2.04. The second-order valence-electron chi connectivity index (χ2n) is 5.40. The molecule has 0 bridgehead atoms. The fourth-order valence-electron chi connectivity index (χ4n) is 2.49. The average Bonchev–Trinajstić information content (AvgIpc) is 3.26. The molecule has 0 radical (unpaired) electrons. The topological polar surface area (TPSA) is 98.2 Å². The maximum atomic E-state index is 12.2. The van der Waals surface area contributed by atoms with Crippen LogP contribution in [0.4, 0.5) is 0 Å². The molecule has 0 aliphatic carbocycles. The molecule has 0 unspecified atom stereocenters. The van der Waals surface area contributed by atoms with Crippen LogP contribution >= 0.6 is 0 Å². The van der Waals surface area contributed by atoms with Crippen molar-refractivity contribution in [2.24, 2.45) is 0 Å². The summed E-state index contributed by atoms with van der Waals surface area (Å²) in [5.41, 5.74) is 0.959. The minimum Gasteiger partial charge on any atom is -0.454 e. The van der Waals surface area contributed by atoms with Gasteiger partial charge < -0.3 is 14.8 Å². The van der Waals surface area contributed by atoms with E-state index in [-0.39, 0.29) is 19.2 Å². The second kappa shape index (κ2) is 6.16. The number of carbonyl (C=O) groups is 1. The molecule has 8 heteroatoms. The van der Waals surface area contributed by atoms with E-state index in [9.17, 15) is 9.59 Å². The Morgan fingerprint density at radius 1 is 1.16 bits per heavy atom. The van der Waals surface area contributed by atoms with Crippen LogP contribution in [-0.4, -0.2) is 27.5 Å². The highest BCUT2D eigenvalue weighted by molar-refractivity contribution is 5.90. The van der Waals surface area contributed by atoms with Gasteiger partial charge in [0.15, 0.2) is 11.5 Å². The number of hydrogen-bond donors (Lipinski definition) is 2. The molecule has 1 aliphatic heterocycles. The van der Waals surface area contributed by atoms with E-state index in [1.54, 1.807) is 36.4 Å². The summed E-state index contributed by atoms with van der Waals surface area (Å²) < 4.78 is 11.7. The lowest BCUT2D eigenvalue weighted by atomic mass is 10.2. The van der Waals surface area contributed by atoms with Gasteiger partial charge in [-0.05, 0) is 29.8 Å². The SMILES string of the molecule is O=C(NCc1ccc2c(c1)OCO2)c1nn(-c2ccccc2)c(=O)[nH]1. The van der Waals surface area contributed by atoms with E-state index >= 15 is 0 Å². The number of amides is 1. The van der Waals surface area contributed by atoms with E-state index in [1.807, 2.05) is 12.1 Å². The van der Waals surface area contributed by atoms with E-state index in [4.69, 9.17) is 9.47 Å². The van der Waals surface area contributed by atoms with Crippen LogP contribution in [0.1, 0.15) is 16.2 Å². The molecule has 3 aromatic rings. The first-order chi connectivity index (χ1) is 12.2. The fourth-order valence-corrected chi connectivity index (χ4v) is 2.49. The lowest BCUT2D eigenvalue weighted by molar-refractivity contribution is 0.0940. The van der Waals surface area contributed by atoms with Crippen molar-refractivity contribution < 1.29 is 14.3 Å². The first kappa shape index (κ1) is 15.0. The van der Waals surface area contributed by atoms with Crippen molar-refractivity contribution in [3.63, 3.8) is 0 Å². The smallest absolute Gasteiger partial charge is 0.348 e. The molecular formula is C17H14N4O4. The molecule has 1 amide bonds. The van der Waals surface area contributed by atoms with Gasteiger partial charge in [0.25, 0.3) is 5.91 Å². The summed E-state index contributed by atoms with van der Waals surface area (Å²) in [5, 5.41) is 6.76. The maximum Gasteiger partial charge on any atom is 0.348 e. The highest BCUT2D eigenvalue weighted by atomic mass is 16.7. The molecule has 2 aromatic carbocycles. The molecule has 0 atom stereocenters. The molecule has 2 N–H and O–H groups in total. The first-order valence-corrected chi connectivity index (χ1v) is 7.62. The standard InChI is InChI=1S/C17H14N4O4/c22-16(18-9-11-6-7-13-14(8-11)25-10-24-13)15-19-17(23)21(20-15)12-4-2-1-3-5-12/h1-8H,9-10H2,(H,18,22)(H,19,20,23). The molecule has 126 valence electrons. The Bertz CT molecular complexity index is 978. The zero-order chi connectivity index (χ0) is 17.2. The zero-order valence-corrected chi connectivity index (χ0v) is 13.1. The highest BCUT2D eigenvalue weighted by Crippen LogP contribution is 2.32. The van der Waals surface area contributed by atoms with E-state index in [1.165, 1.54) is 0 Å². The Morgan fingerprint density at radius 2 is 1.96 bits per heavy atom. The van der Waals surface area contributed by atoms with Crippen molar-refractivity contribution in [1.82, 2.24) is 20.1 Å². The molecular weight excluding hydrogens is 324 g/mol. The van der Waals surface area contributed by atoms with Gasteiger partial charge in [-0.1, -0.05) is 24.3 Å². The van der Waals surface area contributed by atoms with Crippen LogP contribution < -0.4 is 20.5 Å². The summed E-state index contributed by atoms with van der Waals surface area (Å²) in [5.74, 6) is 0.813. The zero-order valence-electron chi connectivity index (χ0n) is 13.1. The summed E-state index contributed by atoms with van der Waals surface area (Å²) >= 11 is 0. The molecule has 1 aromatic heterocycles. The number of benzene rings is 2. The van der Waals surface area contributed by atoms with Gasteiger partial charge in [-0.15, -0.1) is 5.10 Å². The minimum absolute atomic E-state index is 0.0467. The van der Waals surface area contributed by atoms with Crippen molar-refractivity contribution in [3.05, 3.63) is 70.4 Å². The first-order valence-electron chi connectivity index (χ1n) is 7.62. The number of fused-ring (bicyclic) bond motifs is 1. The van der Waals surface area contributed by atoms with E-state index in [2.05, 4.69) is 15.4 Å². The molecule has 25 heavy (non-hydrogen) atoms. The number of carbonyl (C=O) groups excluding carboxylic acids is 1. The van der Waals surface area contributed by atoms with E-state index in [0.717, 1.165) is 10.2 Å². The largest absolute Gasteiger partial charge is 0.454 e. The highest BCUT2D eigenvalue weighted by Gasteiger charge is 2.16. The van der Waals surface area contributed by atoms with E-state index in [0.29, 0.717) is 17.2 Å². The molecule has 0 spiro atoms. The number of hydrogen-bond acceptors (Lipinski definition) is 5. The van der Waals surface area contributed by atoms with Crippen molar-refractivity contribution >= 4 is 5.91 Å². The molecule has 0 fully saturated rings. The van der Waals surface area contributed by atoms with Gasteiger partial charge in [0.05, 0.1) is 5.69 Å². The fraction of sp³-hybridized carbons (Fsp3) is 0.118. The Hall–Kier alpha value is -3.55. The second-order valence-corrected chi connectivity index (χ2v) is 5.40. The number of ether oxygens (including phenoxy) is 2. The van der Waals surface area contributed by atoms with Gasteiger partial charge in [-0.3, -0.25) is 9.78 Å². The summed E-state index contributed by atoms with van der Waals surface area (Å²) in [7, 11) is 0. The Labute approximate surface area is 142 Å². The van der Waals surface area contributed by atoms with Gasteiger partial charge in [-0.2, -0.15) is 4.68 Å².